The van der Waals surface area contributed by atoms with Crippen molar-refractivity contribution < 1.29 is 5.11 Å². The van der Waals surface area contributed by atoms with Crippen molar-refractivity contribution in [1.82, 2.24) is 5.32 Å². The van der Waals surface area contributed by atoms with Crippen molar-refractivity contribution in [1.29, 1.82) is 0 Å². The van der Waals surface area contributed by atoms with Crippen LogP contribution in [0.3, 0.4) is 0 Å². The lowest BCUT2D eigenvalue weighted by molar-refractivity contribution is 0.0372. The van der Waals surface area contributed by atoms with Crippen molar-refractivity contribution in [3.63, 3.8) is 0 Å². The number of piperidine rings is 1. The maximum atomic E-state index is 10.5. The van der Waals surface area contributed by atoms with Gasteiger partial charge in [0.2, 0.25) is 0 Å². The number of rotatable bonds is 1. The summed E-state index contributed by atoms with van der Waals surface area (Å²) in [7, 11) is 0. The Morgan fingerprint density at radius 1 is 1.43 bits per heavy atom. The highest BCUT2D eigenvalue weighted by atomic mass is 16.3. The molecule has 1 heterocycles. The van der Waals surface area contributed by atoms with E-state index in [1.165, 1.54) is 5.57 Å². The summed E-state index contributed by atoms with van der Waals surface area (Å²) in [6.45, 7) is 4.07. The molecule has 2 heteroatoms. The Morgan fingerprint density at radius 3 is 2.79 bits per heavy atom. The Labute approximate surface area is 85.7 Å². The Bertz CT molecular complexity index is 261. The first-order valence-electron chi connectivity index (χ1n) is 5.53. The molecule has 1 saturated heterocycles. The van der Waals surface area contributed by atoms with E-state index in [0.29, 0.717) is 5.92 Å². The fraction of sp³-hybridized carbons (Fsp3) is 0.667. The molecule has 2 N–H and O–H groups in total. The molecule has 1 fully saturated rings. The smallest absolute Gasteiger partial charge is 0.0886 e. The van der Waals surface area contributed by atoms with Gasteiger partial charge in [-0.2, -0.15) is 0 Å². The van der Waals surface area contributed by atoms with Crippen molar-refractivity contribution in [3.8, 4) is 0 Å². The zero-order valence-electron chi connectivity index (χ0n) is 8.79. The van der Waals surface area contributed by atoms with Crippen LogP contribution in [0, 0.1) is 5.92 Å². The molecular weight excluding hydrogens is 174 g/mol. The third kappa shape index (κ3) is 1.77. The van der Waals surface area contributed by atoms with Gasteiger partial charge in [-0.25, -0.2) is 0 Å². The van der Waals surface area contributed by atoms with Gasteiger partial charge in [-0.05, 0) is 43.8 Å². The van der Waals surface area contributed by atoms with Crippen LogP contribution in [-0.2, 0) is 0 Å². The second-order valence-electron chi connectivity index (χ2n) is 4.47. The van der Waals surface area contributed by atoms with Crippen molar-refractivity contribution in [2.75, 3.05) is 13.1 Å². The van der Waals surface area contributed by atoms with Crippen molar-refractivity contribution in [2.45, 2.75) is 31.8 Å². The molecule has 0 radical (unpaired) electrons. The zero-order valence-corrected chi connectivity index (χ0v) is 8.79. The quantitative estimate of drug-likeness (QED) is 0.663. The fourth-order valence-electron chi connectivity index (χ4n) is 2.49. The van der Waals surface area contributed by atoms with E-state index >= 15 is 0 Å². The molecule has 1 aliphatic carbocycles. The van der Waals surface area contributed by atoms with Gasteiger partial charge in [0.15, 0.2) is 0 Å². The van der Waals surface area contributed by atoms with E-state index in [1.807, 2.05) is 0 Å². The third-order valence-corrected chi connectivity index (χ3v) is 3.40. The van der Waals surface area contributed by atoms with Gasteiger partial charge in [0.1, 0.15) is 0 Å². The molecule has 0 amide bonds. The number of hydrogen-bond donors (Lipinski definition) is 2. The molecule has 2 nitrogen and oxygen atoms in total. The summed E-state index contributed by atoms with van der Waals surface area (Å²) in [5, 5.41) is 13.8. The van der Waals surface area contributed by atoms with Crippen LogP contribution in [0.25, 0.3) is 0 Å². The minimum atomic E-state index is -0.532. The van der Waals surface area contributed by atoms with E-state index in [9.17, 15) is 5.11 Å². The van der Waals surface area contributed by atoms with E-state index in [2.05, 4.69) is 30.5 Å². The van der Waals surface area contributed by atoms with Crippen LogP contribution in [0.1, 0.15) is 26.2 Å². The van der Waals surface area contributed by atoms with E-state index in [4.69, 9.17) is 0 Å². The number of allylic oxidation sites excluding steroid dienone is 3. The lowest BCUT2D eigenvalue weighted by Gasteiger charge is -2.38. The summed E-state index contributed by atoms with van der Waals surface area (Å²) in [5.74, 6) is 0.503. The normalized spacial score (nSPS) is 31.3. The highest BCUT2D eigenvalue weighted by Gasteiger charge is 2.35. The SMILES string of the molecule is CC1CC=CC=C1C1(O)CCNCC1. The molecule has 0 aromatic carbocycles. The topological polar surface area (TPSA) is 32.3 Å². The molecule has 0 bridgehead atoms. The molecule has 0 spiro atoms. The van der Waals surface area contributed by atoms with E-state index in [0.717, 1.165) is 32.4 Å². The maximum absolute atomic E-state index is 10.5. The van der Waals surface area contributed by atoms with Crippen LogP contribution in [0.2, 0.25) is 0 Å². The Morgan fingerprint density at radius 2 is 2.14 bits per heavy atom. The summed E-state index contributed by atoms with van der Waals surface area (Å²) in [6, 6.07) is 0. The molecule has 2 aliphatic rings. The molecule has 0 aromatic heterocycles. The summed E-state index contributed by atoms with van der Waals surface area (Å²) in [4.78, 5) is 0. The van der Waals surface area contributed by atoms with Crippen molar-refractivity contribution >= 4 is 0 Å². The molecule has 1 aliphatic heterocycles. The van der Waals surface area contributed by atoms with Gasteiger partial charge in [0.25, 0.3) is 0 Å². The highest BCUT2D eigenvalue weighted by Crippen LogP contribution is 2.35. The number of hydrogen-bond acceptors (Lipinski definition) is 2. The highest BCUT2D eigenvalue weighted by molar-refractivity contribution is 5.28. The Kier molecular flexibility index (Phi) is 2.75. The van der Waals surface area contributed by atoms with Crippen molar-refractivity contribution in [2.24, 2.45) is 5.92 Å². The summed E-state index contributed by atoms with van der Waals surface area (Å²) < 4.78 is 0. The molecule has 78 valence electrons. The maximum Gasteiger partial charge on any atom is 0.0886 e. The molecule has 2 rings (SSSR count). The summed E-state index contributed by atoms with van der Waals surface area (Å²) in [6.07, 6.45) is 9.16. The molecule has 0 saturated carbocycles. The second kappa shape index (κ2) is 3.87. The first-order valence-corrected chi connectivity index (χ1v) is 5.53. The predicted octanol–water partition coefficient (Wildman–Crippen LogP) is 1.62. The van der Waals surface area contributed by atoms with Gasteiger partial charge in [-0.3, -0.25) is 0 Å². The first kappa shape index (κ1) is 9.94. The second-order valence-corrected chi connectivity index (χ2v) is 4.47. The lowest BCUT2D eigenvalue weighted by atomic mass is 9.76. The minimum absolute atomic E-state index is 0.503. The molecule has 14 heavy (non-hydrogen) atoms. The number of aliphatic hydroxyl groups is 1. The largest absolute Gasteiger partial charge is 0.385 e. The summed E-state index contributed by atoms with van der Waals surface area (Å²) >= 11 is 0. The molecule has 1 atom stereocenters. The van der Waals surface area contributed by atoms with Crippen molar-refractivity contribution in [3.05, 3.63) is 23.8 Å². The van der Waals surface area contributed by atoms with Gasteiger partial charge >= 0.3 is 0 Å². The zero-order chi connectivity index (χ0) is 10.0. The van der Waals surface area contributed by atoms with Crippen LogP contribution in [-0.4, -0.2) is 23.8 Å². The average Bonchev–Trinajstić information content (AvgIpc) is 2.19. The predicted molar refractivity (Wildman–Crippen MR) is 58.1 cm³/mol. The molecular formula is C12H19NO. The van der Waals surface area contributed by atoms with E-state index in [1.54, 1.807) is 0 Å². The van der Waals surface area contributed by atoms with Gasteiger partial charge < -0.3 is 10.4 Å². The fourth-order valence-corrected chi connectivity index (χ4v) is 2.49. The Balaban J connectivity index is 2.18. The average molecular weight is 193 g/mol. The Hall–Kier alpha value is -0.600. The van der Waals surface area contributed by atoms with E-state index < -0.39 is 5.60 Å². The van der Waals surface area contributed by atoms with Crippen LogP contribution < -0.4 is 5.32 Å². The van der Waals surface area contributed by atoms with Crippen LogP contribution in [0.4, 0.5) is 0 Å². The lowest BCUT2D eigenvalue weighted by Crippen LogP contribution is -2.44. The van der Waals surface area contributed by atoms with Gasteiger partial charge in [0.05, 0.1) is 5.60 Å². The number of nitrogens with one attached hydrogen (secondary N) is 1. The van der Waals surface area contributed by atoms with Crippen LogP contribution in [0.5, 0.6) is 0 Å². The van der Waals surface area contributed by atoms with Gasteiger partial charge in [-0.15, -0.1) is 0 Å². The summed E-state index contributed by atoms with van der Waals surface area (Å²) in [5.41, 5.74) is 0.705. The minimum Gasteiger partial charge on any atom is -0.385 e. The van der Waals surface area contributed by atoms with Gasteiger partial charge in [-0.1, -0.05) is 25.2 Å². The molecule has 0 aromatic rings. The first-order chi connectivity index (χ1) is 6.72. The van der Waals surface area contributed by atoms with E-state index in [-0.39, 0.29) is 0 Å². The molecule has 1 unspecified atom stereocenters. The monoisotopic (exact) mass is 193 g/mol. The van der Waals surface area contributed by atoms with Gasteiger partial charge in [0, 0.05) is 0 Å². The van der Waals surface area contributed by atoms with Crippen LogP contribution >= 0.6 is 0 Å². The third-order valence-electron chi connectivity index (χ3n) is 3.40. The standard InChI is InChI=1S/C12H19NO/c1-10-4-2-3-5-11(10)12(14)6-8-13-9-7-12/h2-3,5,10,13-14H,4,6-9H2,1H3. The van der Waals surface area contributed by atoms with Crippen LogP contribution in [0.15, 0.2) is 23.8 Å².